The average Bonchev–Trinajstić information content (AvgIpc) is 2.53. The zero-order valence-electron chi connectivity index (χ0n) is 11.6. The summed E-state index contributed by atoms with van der Waals surface area (Å²) >= 11 is 0. The molecule has 0 saturated carbocycles. The van der Waals surface area contributed by atoms with Crippen LogP contribution in [0, 0.1) is 0 Å². The van der Waals surface area contributed by atoms with Crippen molar-refractivity contribution >= 4 is 15.1 Å². The van der Waals surface area contributed by atoms with Crippen LogP contribution in [0.4, 0.5) is 18.0 Å². The van der Waals surface area contributed by atoms with Gasteiger partial charge in [0.25, 0.3) is 9.84 Å². The standard InChI is InChI=1S/C15H11F3O4S/c16-15(17,18)12-7-4-8-13(9-12)23(20,21)14(19)22-10-11-5-2-1-3-6-11/h1-9H,10H2. The lowest BCUT2D eigenvalue weighted by molar-refractivity contribution is -0.137. The molecule has 0 radical (unpaired) electrons. The molecule has 4 nitrogen and oxygen atoms in total. The van der Waals surface area contributed by atoms with E-state index >= 15 is 0 Å². The molecule has 2 aromatic rings. The van der Waals surface area contributed by atoms with Crippen molar-refractivity contribution in [2.75, 3.05) is 0 Å². The number of ether oxygens (including phenoxy) is 1. The first-order valence-electron chi connectivity index (χ1n) is 6.34. The number of carbonyl (C=O) groups excluding carboxylic acids is 1. The van der Waals surface area contributed by atoms with E-state index in [1.54, 1.807) is 30.3 Å². The normalized spacial score (nSPS) is 12.0. The molecule has 0 amide bonds. The van der Waals surface area contributed by atoms with E-state index in [-0.39, 0.29) is 6.61 Å². The third-order valence-electron chi connectivity index (χ3n) is 2.89. The fourth-order valence-corrected chi connectivity index (χ4v) is 2.68. The highest BCUT2D eigenvalue weighted by Gasteiger charge is 2.33. The second kappa shape index (κ2) is 6.41. The molecule has 2 aromatic carbocycles. The number of rotatable bonds is 3. The molecule has 0 fully saturated rings. The molecule has 122 valence electrons. The van der Waals surface area contributed by atoms with Gasteiger partial charge in [-0.25, -0.2) is 13.2 Å². The molecule has 23 heavy (non-hydrogen) atoms. The van der Waals surface area contributed by atoms with E-state index in [1.165, 1.54) is 0 Å². The molecule has 0 unspecified atom stereocenters. The Hall–Kier alpha value is -2.35. The molecule has 0 spiro atoms. The fraction of sp³-hybridized carbons (Fsp3) is 0.133. The number of alkyl halides is 3. The number of hydrogen-bond acceptors (Lipinski definition) is 4. The molecular weight excluding hydrogens is 333 g/mol. The summed E-state index contributed by atoms with van der Waals surface area (Å²) in [6.45, 7) is -0.294. The summed E-state index contributed by atoms with van der Waals surface area (Å²) in [7, 11) is -4.65. The van der Waals surface area contributed by atoms with Crippen LogP contribution >= 0.6 is 0 Å². The Bertz CT molecular complexity index is 799. The Balaban J connectivity index is 2.19. The highest BCUT2D eigenvalue weighted by molar-refractivity contribution is 8.05. The van der Waals surface area contributed by atoms with Crippen LogP contribution in [0.1, 0.15) is 11.1 Å². The van der Waals surface area contributed by atoms with Gasteiger partial charge in [-0.15, -0.1) is 0 Å². The van der Waals surface area contributed by atoms with Crippen LogP contribution in [0.25, 0.3) is 0 Å². The summed E-state index contributed by atoms with van der Waals surface area (Å²) in [6, 6.07) is 11.2. The zero-order chi connectivity index (χ0) is 17.1. The number of benzene rings is 2. The van der Waals surface area contributed by atoms with Gasteiger partial charge in [-0.3, -0.25) is 0 Å². The van der Waals surface area contributed by atoms with Crippen molar-refractivity contribution in [1.82, 2.24) is 0 Å². The van der Waals surface area contributed by atoms with Crippen molar-refractivity contribution < 1.29 is 31.1 Å². The van der Waals surface area contributed by atoms with E-state index in [9.17, 15) is 26.4 Å². The van der Waals surface area contributed by atoms with Crippen molar-refractivity contribution in [2.45, 2.75) is 17.7 Å². The lowest BCUT2D eigenvalue weighted by Crippen LogP contribution is -2.17. The predicted octanol–water partition coefficient (Wildman–Crippen LogP) is 3.82. The van der Waals surface area contributed by atoms with Crippen LogP contribution in [-0.4, -0.2) is 13.7 Å². The van der Waals surface area contributed by atoms with Gasteiger partial charge in [-0.05, 0) is 23.8 Å². The molecule has 0 atom stereocenters. The maximum atomic E-state index is 12.6. The summed E-state index contributed by atoms with van der Waals surface area (Å²) in [5, 5.41) is -1.60. The maximum Gasteiger partial charge on any atom is 0.429 e. The molecule has 0 N–H and O–H groups in total. The molecule has 0 aromatic heterocycles. The molecule has 0 bridgehead atoms. The summed E-state index contributed by atoms with van der Waals surface area (Å²) < 4.78 is 66.5. The lowest BCUT2D eigenvalue weighted by Gasteiger charge is -2.09. The van der Waals surface area contributed by atoms with Gasteiger partial charge in [0.05, 0.1) is 10.5 Å². The minimum atomic E-state index is -4.71. The van der Waals surface area contributed by atoms with E-state index in [2.05, 4.69) is 4.74 Å². The van der Waals surface area contributed by atoms with Gasteiger partial charge < -0.3 is 4.74 Å². The first-order valence-corrected chi connectivity index (χ1v) is 7.82. The van der Waals surface area contributed by atoms with Crippen molar-refractivity contribution in [1.29, 1.82) is 0 Å². The Morgan fingerprint density at radius 3 is 2.26 bits per heavy atom. The average molecular weight is 344 g/mol. The van der Waals surface area contributed by atoms with Crippen LogP contribution in [0.2, 0.25) is 0 Å². The van der Waals surface area contributed by atoms with Crippen LogP contribution < -0.4 is 0 Å². The summed E-state index contributed by atoms with van der Waals surface area (Å²) in [6.07, 6.45) is -4.71. The van der Waals surface area contributed by atoms with E-state index in [0.717, 1.165) is 12.1 Å². The number of sulfone groups is 1. The van der Waals surface area contributed by atoms with E-state index in [1.807, 2.05) is 0 Å². The zero-order valence-corrected chi connectivity index (χ0v) is 12.4. The van der Waals surface area contributed by atoms with Gasteiger partial charge in [0.2, 0.25) is 0 Å². The first-order chi connectivity index (χ1) is 10.7. The SMILES string of the molecule is O=C(OCc1ccccc1)S(=O)(=O)c1cccc(C(F)(F)F)c1. The van der Waals surface area contributed by atoms with Gasteiger partial charge in [0, 0.05) is 0 Å². The smallest absolute Gasteiger partial charge is 0.429 e. The van der Waals surface area contributed by atoms with E-state index < -0.39 is 31.8 Å². The third-order valence-corrected chi connectivity index (χ3v) is 4.32. The molecule has 0 aliphatic rings. The van der Waals surface area contributed by atoms with Gasteiger partial charge in [-0.1, -0.05) is 36.4 Å². The summed E-state index contributed by atoms with van der Waals surface area (Å²) in [4.78, 5) is 10.9. The second-order valence-electron chi connectivity index (χ2n) is 4.55. The fourth-order valence-electron chi connectivity index (χ4n) is 1.73. The maximum absolute atomic E-state index is 12.6. The van der Waals surface area contributed by atoms with E-state index in [0.29, 0.717) is 17.7 Å². The quantitative estimate of drug-likeness (QED) is 0.794. The minimum Gasteiger partial charge on any atom is -0.449 e. The lowest BCUT2D eigenvalue weighted by atomic mass is 10.2. The van der Waals surface area contributed by atoms with Crippen LogP contribution in [0.15, 0.2) is 59.5 Å². The number of halogens is 3. The Kier molecular flexibility index (Phi) is 4.74. The monoisotopic (exact) mass is 344 g/mol. The molecule has 2 rings (SSSR count). The molecule has 0 heterocycles. The van der Waals surface area contributed by atoms with Crippen LogP contribution in [-0.2, 0) is 27.4 Å². The highest BCUT2D eigenvalue weighted by Crippen LogP contribution is 2.30. The van der Waals surface area contributed by atoms with Gasteiger partial charge in [-0.2, -0.15) is 13.2 Å². The van der Waals surface area contributed by atoms with Gasteiger partial charge in [0.1, 0.15) is 6.61 Å². The van der Waals surface area contributed by atoms with Crippen molar-refractivity contribution in [3.8, 4) is 0 Å². The van der Waals surface area contributed by atoms with Crippen LogP contribution in [0.3, 0.4) is 0 Å². The topological polar surface area (TPSA) is 60.4 Å². The minimum absolute atomic E-state index is 0.294. The molecule has 0 saturated heterocycles. The Morgan fingerprint density at radius 2 is 1.65 bits per heavy atom. The Labute approximate surface area is 130 Å². The third kappa shape index (κ3) is 4.10. The van der Waals surface area contributed by atoms with Crippen molar-refractivity contribution in [3.05, 3.63) is 65.7 Å². The van der Waals surface area contributed by atoms with Crippen molar-refractivity contribution in [2.24, 2.45) is 0 Å². The Morgan fingerprint density at radius 1 is 1.00 bits per heavy atom. The highest BCUT2D eigenvalue weighted by atomic mass is 32.2. The molecule has 0 aliphatic heterocycles. The first kappa shape index (κ1) is 17.0. The molecule has 0 aliphatic carbocycles. The second-order valence-corrected chi connectivity index (χ2v) is 6.36. The molecular formula is C15H11F3O4S. The van der Waals surface area contributed by atoms with Crippen molar-refractivity contribution in [3.63, 3.8) is 0 Å². The van der Waals surface area contributed by atoms with Crippen LogP contribution in [0.5, 0.6) is 0 Å². The van der Waals surface area contributed by atoms with Gasteiger partial charge in [0.15, 0.2) is 0 Å². The summed E-state index contributed by atoms with van der Waals surface area (Å²) in [5.74, 6) is 0. The largest absolute Gasteiger partial charge is 0.449 e. The summed E-state index contributed by atoms with van der Waals surface area (Å²) in [5.41, 5.74) is -0.602. The molecule has 8 heteroatoms. The van der Waals surface area contributed by atoms with Gasteiger partial charge >= 0.3 is 11.5 Å². The number of hydrogen-bond donors (Lipinski definition) is 0. The predicted molar refractivity (Wildman–Crippen MR) is 75.3 cm³/mol. The number of carbonyl (C=O) groups is 1. The van der Waals surface area contributed by atoms with E-state index in [4.69, 9.17) is 0 Å².